The van der Waals surface area contributed by atoms with Gasteiger partial charge in [0, 0.05) is 17.9 Å². The number of carboxylic acid groups (broad SMARTS) is 2. The lowest BCUT2D eigenvalue weighted by Gasteiger charge is -2.12. The van der Waals surface area contributed by atoms with Crippen LogP contribution >= 0.6 is 31.4 Å². The number of rotatable bonds is 12. The van der Waals surface area contributed by atoms with Gasteiger partial charge >= 0.3 is 11.9 Å². The van der Waals surface area contributed by atoms with E-state index >= 15 is 0 Å². The van der Waals surface area contributed by atoms with Gasteiger partial charge in [0.1, 0.15) is 11.8 Å². The molecule has 0 rings (SSSR count). The lowest BCUT2D eigenvalue weighted by molar-refractivity contribution is -0.142. The smallest absolute Gasteiger partial charge is 0.322 e. The maximum atomic E-state index is 11.0. The molecule has 0 spiro atoms. The molecule has 0 aliphatic heterocycles. The second-order valence-electron chi connectivity index (χ2n) is 4.36. The molecule has 3 N–H and O–H groups in total. The predicted molar refractivity (Wildman–Crippen MR) is 88.3 cm³/mol. The van der Waals surface area contributed by atoms with Gasteiger partial charge in [0.25, 0.3) is 0 Å². The molecule has 0 saturated carbocycles. The van der Waals surface area contributed by atoms with Crippen molar-refractivity contribution in [2.45, 2.75) is 19.4 Å². The van der Waals surface area contributed by atoms with E-state index in [-0.39, 0.29) is 23.7 Å². The van der Waals surface area contributed by atoms with Crippen LogP contribution in [0.2, 0.25) is 0 Å². The molecule has 22 heavy (non-hydrogen) atoms. The van der Waals surface area contributed by atoms with E-state index in [9.17, 15) is 22.8 Å². The number of carbonyl (C=O) groups is 3. The van der Waals surface area contributed by atoms with Crippen molar-refractivity contribution in [1.82, 2.24) is 4.72 Å². The van der Waals surface area contributed by atoms with Gasteiger partial charge in [0.05, 0.1) is 12.2 Å². The summed E-state index contributed by atoms with van der Waals surface area (Å²) in [7, 11) is -0.190. The maximum absolute atomic E-state index is 11.0. The van der Waals surface area contributed by atoms with Crippen LogP contribution in [0.1, 0.15) is 13.3 Å². The Morgan fingerprint density at radius 2 is 1.64 bits per heavy atom. The van der Waals surface area contributed by atoms with Gasteiger partial charge in [-0.25, -0.2) is 13.1 Å². The lowest BCUT2D eigenvalue weighted by Crippen LogP contribution is -2.41. The van der Waals surface area contributed by atoms with Gasteiger partial charge in [-0.15, -0.1) is 0 Å². The molecule has 0 aromatic heterocycles. The quantitative estimate of drug-likeness (QED) is 0.322. The first-order valence-corrected chi connectivity index (χ1v) is 11.6. The average molecular weight is 392 g/mol. The first kappa shape index (κ1) is 21.6. The van der Waals surface area contributed by atoms with Gasteiger partial charge in [-0.05, 0) is 16.7 Å². The Morgan fingerprint density at radius 3 is 2.05 bits per heavy atom. The fourth-order valence-corrected chi connectivity index (χ4v) is 6.04. The number of Topliss-reactive ketones (excluding diaryl/α,β-unsaturated/α-hetero) is 1. The highest BCUT2D eigenvalue weighted by atomic mass is 33.5. The summed E-state index contributed by atoms with van der Waals surface area (Å²) in [5, 5.41) is 17.8. The SMILES string of the molecule is CC(=O)C[C@@H](CSSSC[C@H](NS(C)(=O)=O)C(=O)O)C(=O)O. The fraction of sp³-hybridized carbons (Fsp3) is 0.700. The zero-order chi connectivity index (χ0) is 17.3. The highest BCUT2D eigenvalue weighted by Crippen LogP contribution is 2.36. The van der Waals surface area contributed by atoms with Crippen molar-refractivity contribution < 1.29 is 33.0 Å². The third kappa shape index (κ3) is 11.2. The summed E-state index contributed by atoms with van der Waals surface area (Å²) in [6.45, 7) is 1.32. The van der Waals surface area contributed by atoms with E-state index in [4.69, 9.17) is 10.2 Å². The Morgan fingerprint density at radius 1 is 1.09 bits per heavy atom. The molecule has 12 heteroatoms. The van der Waals surface area contributed by atoms with Crippen LogP contribution in [0.3, 0.4) is 0 Å². The Bertz CT molecular complexity index is 507. The Balaban J connectivity index is 4.15. The van der Waals surface area contributed by atoms with Crippen molar-refractivity contribution in [2.75, 3.05) is 17.8 Å². The van der Waals surface area contributed by atoms with E-state index in [1.807, 2.05) is 4.72 Å². The largest absolute Gasteiger partial charge is 0.481 e. The molecule has 0 saturated heterocycles. The van der Waals surface area contributed by atoms with Crippen LogP contribution in [0.15, 0.2) is 0 Å². The number of hydrogen-bond donors (Lipinski definition) is 3. The summed E-state index contributed by atoms with van der Waals surface area (Å²) in [6.07, 6.45) is 0.815. The van der Waals surface area contributed by atoms with E-state index < -0.39 is 33.9 Å². The van der Waals surface area contributed by atoms with Crippen LogP contribution in [0.5, 0.6) is 0 Å². The van der Waals surface area contributed by atoms with Gasteiger partial charge in [0.2, 0.25) is 10.0 Å². The molecule has 0 amide bonds. The first-order valence-electron chi connectivity index (χ1n) is 5.86. The van der Waals surface area contributed by atoms with Crippen LogP contribution in [0, 0.1) is 5.92 Å². The molecule has 2 atom stereocenters. The highest BCUT2D eigenvalue weighted by Gasteiger charge is 2.22. The molecule has 0 aromatic rings. The summed E-state index contributed by atoms with van der Waals surface area (Å²) in [5.74, 6) is -3.16. The molecule has 0 radical (unpaired) electrons. The standard InChI is InChI=1S/C10H17NO7S4/c1-6(12)3-7(9(13)14)4-19-21-20-5-8(10(15)16)11-22(2,17)18/h7-8,11H,3-5H2,1-2H3,(H,13,14)(H,15,16)/t7-,8-/m0/s1. The number of hydrogen-bond acceptors (Lipinski definition) is 8. The number of nitrogens with one attached hydrogen (secondary N) is 1. The van der Waals surface area contributed by atoms with E-state index in [2.05, 4.69) is 0 Å². The van der Waals surface area contributed by atoms with Gasteiger partial charge in [0.15, 0.2) is 0 Å². The molecule has 0 heterocycles. The highest BCUT2D eigenvalue weighted by molar-refractivity contribution is 9.09. The van der Waals surface area contributed by atoms with Crippen molar-refractivity contribution in [3.8, 4) is 0 Å². The minimum Gasteiger partial charge on any atom is -0.481 e. The Labute approximate surface area is 140 Å². The molecule has 0 unspecified atom stereocenters. The van der Waals surface area contributed by atoms with E-state index in [1.165, 1.54) is 17.7 Å². The molecule has 0 aliphatic rings. The first-order chi connectivity index (χ1) is 10.0. The lowest BCUT2D eigenvalue weighted by atomic mass is 10.1. The van der Waals surface area contributed by atoms with E-state index in [0.717, 1.165) is 26.9 Å². The van der Waals surface area contributed by atoms with Crippen molar-refractivity contribution in [2.24, 2.45) is 5.92 Å². The van der Waals surface area contributed by atoms with Gasteiger partial charge in [-0.1, -0.05) is 21.6 Å². The number of sulfonamides is 1. The summed E-state index contributed by atoms with van der Waals surface area (Å²) in [4.78, 5) is 32.7. The second kappa shape index (κ2) is 10.4. The van der Waals surface area contributed by atoms with Crippen molar-refractivity contribution in [3.63, 3.8) is 0 Å². The van der Waals surface area contributed by atoms with Crippen molar-refractivity contribution in [1.29, 1.82) is 0 Å². The van der Waals surface area contributed by atoms with Gasteiger partial charge < -0.3 is 15.0 Å². The fourth-order valence-electron chi connectivity index (χ4n) is 1.22. The Hall–Kier alpha value is -0.430. The third-order valence-corrected chi connectivity index (χ3v) is 7.18. The normalized spacial score (nSPS) is 14.3. The van der Waals surface area contributed by atoms with Crippen LogP contribution < -0.4 is 4.72 Å². The minimum atomic E-state index is -3.62. The number of carbonyl (C=O) groups excluding carboxylic acids is 1. The number of ketones is 1. The van der Waals surface area contributed by atoms with Crippen molar-refractivity contribution in [3.05, 3.63) is 0 Å². The predicted octanol–water partition coefficient (Wildman–Crippen LogP) is 0.698. The van der Waals surface area contributed by atoms with Crippen LogP contribution in [0.25, 0.3) is 0 Å². The molecule has 128 valence electrons. The molecule has 0 fully saturated rings. The van der Waals surface area contributed by atoms with E-state index in [1.54, 1.807) is 0 Å². The zero-order valence-corrected chi connectivity index (χ0v) is 15.1. The summed E-state index contributed by atoms with van der Waals surface area (Å²) < 4.78 is 24.0. The summed E-state index contributed by atoms with van der Waals surface area (Å²) >= 11 is 0. The minimum absolute atomic E-state index is 0.00941. The maximum Gasteiger partial charge on any atom is 0.322 e. The topological polar surface area (TPSA) is 138 Å². The molecular weight excluding hydrogens is 374 g/mol. The third-order valence-electron chi connectivity index (χ3n) is 2.14. The van der Waals surface area contributed by atoms with Gasteiger partial charge in [-0.3, -0.25) is 9.59 Å². The van der Waals surface area contributed by atoms with E-state index in [0.29, 0.717) is 0 Å². The van der Waals surface area contributed by atoms with Gasteiger partial charge in [-0.2, -0.15) is 0 Å². The molecule has 0 aromatic carbocycles. The van der Waals surface area contributed by atoms with Crippen LogP contribution in [0.4, 0.5) is 0 Å². The summed E-state index contributed by atoms with van der Waals surface area (Å²) in [5.41, 5.74) is 0. The van der Waals surface area contributed by atoms with Crippen LogP contribution in [-0.4, -0.2) is 60.2 Å². The molecule has 0 aliphatic carbocycles. The number of aliphatic carboxylic acids is 2. The second-order valence-corrected chi connectivity index (χ2v) is 10.5. The molecule has 0 bridgehead atoms. The van der Waals surface area contributed by atoms with Crippen LogP contribution in [-0.2, 0) is 24.4 Å². The zero-order valence-electron chi connectivity index (χ0n) is 11.8. The molecule has 8 nitrogen and oxygen atoms in total. The monoisotopic (exact) mass is 391 g/mol. The van der Waals surface area contributed by atoms with Crippen molar-refractivity contribution >= 4 is 59.2 Å². The molecular formula is C10H17NO7S4. The number of carboxylic acids is 2. The Kier molecular flexibility index (Phi) is 10.2. The average Bonchev–Trinajstić information content (AvgIpc) is 2.33. The summed E-state index contributed by atoms with van der Waals surface area (Å²) in [6, 6.07) is -1.25.